The van der Waals surface area contributed by atoms with Crippen LogP contribution < -0.4 is 15.8 Å². The molecule has 0 aliphatic carbocycles. The van der Waals surface area contributed by atoms with Gasteiger partial charge in [0.2, 0.25) is 0 Å². The molecular weight excluding hydrogens is 240 g/mol. The van der Waals surface area contributed by atoms with E-state index >= 15 is 0 Å². The Morgan fingerprint density at radius 3 is 2.79 bits per heavy atom. The molecule has 1 aromatic heterocycles. The Kier molecular flexibility index (Phi) is 3.84. The zero-order chi connectivity index (χ0) is 13.7. The van der Waals surface area contributed by atoms with E-state index in [-0.39, 0.29) is 0 Å². The number of aromatic nitrogens is 1. The van der Waals surface area contributed by atoms with Crippen molar-refractivity contribution in [3.8, 4) is 11.8 Å². The molecule has 3 N–H and O–H groups in total. The number of rotatable bonds is 4. The summed E-state index contributed by atoms with van der Waals surface area (Å²) in [6.45, 7) is 0.627. The second-order valence-corrected chi connectivity index (χ2v) is 3.97. The molecule has 0 fully saturated rings. The summed E-state index contributed by atoms with van der Waals surface area (Å²) in [5, 5.41) is 11.9. The average Bonchev–Trinajstić information content (AvgIpc) is 2.46. The van der Waals surface area contributed by atoms with Crippen molar-refractivity contribution in [3.05, 3.63) is 47.8 Å². The van der Waals surface area contributed by atoms with Crippen molar-refractivity contribution in [2.75, 3.05) is 18.2 Å². The molecule has 96 valence electrons. The maximum Gasteiger partial charge on any atom is 0.141 e. The third kappa shape index (κ3) is 3.13. The van der Waals surface area contributed by atoms with Gasteiger partial charge in [0.25, 0.3) is 0 Å². The standard InChI is InChI=1S/C14H14N4O/c1-19-14-5-2-10(6-13(14)16)8-17-12-4-3-11(7-15)18-9-12/h2-6,9,17H,8,16H2,1H3. The van der Waals surface area contributed by atoms with Crippen molar-refractivity contribution in [1.82, 2.24) is 4.98 Å². The third-order valence-electron chi connectivity index (χ3n) is 2.67. The predicted octanol–water partition coefficient (Wildman–Crippen LogP) is 2.16. The Bertz CT molecular complexity index is 602. The van der Waals surface area contributed by atoms with Crippen molar-refractivity contribution in [2.45, 2.75) is 6.54 Å². The van der Waals surface area contributed by atoms with Crippen molar-refractivity contribution < 1.29 is 4.74 Å². The second-order valence-electron chi connectivity index (χ2n) is 3.97. The van der Waals surface area contributed by atoms with Crippen molar-refractivity contribution >= 4 is 11.4 Å². The highest BCUT2D eigenvalue weighted by molar-refractivity contribution is 5.55. The summed E-state index contributed by atoms with van der Waals surface area (Å²) in [5.74, 6) is 0.670. The summed E-state index contributed by atoms with van der Waals surface area (Å²) in [6.07, 6.45) is 1.63. The molecular formula is C14H14N4O. The molecule has 2 rings (SSSR count). The fourth-order valence-corrected chi connectivity index (χ4v) is 1.66. The van der Waals surface area contributed by atoms with Crippen LogP contribution in [0.4, 0.5) is 11.4 Å². The molecule has 5 nitrogen and oxygen atoms in total. The Hall–Kier alpha value is -2.74. The molecule has 0 radical (unpaired) electrons. The number of ether oxygens (including phenoxy) is 1. The first kappa shape index (κ1) is 12.7. The van der Waals surface area contributed by atoms with E-state index in [2.05, 4.69) is 10.3 Å². The van der Waals surface area contributed by atoms with E-state index in [4.69, 9.17) is 15.7 Å². The van der Waals surface area contributed by atoms with Gasteiger partial charge in [-0.1, -0.05) is 6.07 Å². The number of anilines is 2. The van der Waals surface area contributed by atoms with E-state index in [1.165, 1.54) is 0 Å². The smallest absolute Gasteiger partial charge is 0.141 e. The van der Waals surface area contributed by atoms with Gasteiger partial charge in [-0.2, -0.15) is 5.26 Å². The van der Waals surface area contributed by atoms with Crippen LogP contribution in [-0.2, 0) is 6.54 Å². The van der Waals surface area contributed by atoms with Gasteiger partial charge in [-0.3, -0.25) is 0 Å². The monoisotopic (exact) mass is 254 g/mol. The molecule has 2 aromatic rings. The van der Waals surface area contributed by atoms with Gasteiger partial charge < -0.3 is 15.8 Å². The molecule has 0 saturated heterocycles. The zero-order valence-corrected chi connectivity index (χ0v) is 10.6. The summed E-state index contributed by atoms with van der Waals surface area (Å²) >= 11 is 0. The highest BCUT2D eigenvalue weighted by atomic mass is 16.5. The molecule has 0 aliphatic rings. The Labute approximate surface area is 111 Å². The van der Waals surface area contributed by atoms with Crippen LogP contribution in [0.1, 0.15) is 11.3 Å². The third-order valence-corrected chi connectivity index (χ3v) is 2.67. The first-order valence-electron chi connectivity index (χ1n) is 5.75. The lowest BCUT2D eigenvalue weighted by molar-refractivity contribution is 0.417. The van der Waals surface area contributed by atoms with Gasteiger partial charge in [-0.05, 0) is 29.8 Å². The number of pyridine rings is 1. The zero-order valence-electron chi connectivity index (χ0n) is 10.6. The lowest BCUT2D eigenvalue weighted by Crippen LogP contribution is -2.01. The van der Waals surface area contributed by atoms with Crippen LogP contribution in [0.2, 0.25) is 0 Å². The van der Waals surface area contributed by atoms with Crippen LogP contribution >= 0.6 is 0 Å². The SMILES string of the molecule is COc1ccc(CNc2ccc(C#N)nc2)cc1N. The first-order chi connectivity index (χ1) is 9.22. The van der Waals surface area contributed by atoms with Crippen LogP contribution in [0.25, 0.3) is 0 Å². The maximum atomic E-state index is 8.66. The van der Waals surface area contributed by atoms with E-state index in [0.717, 1.165) is 11.3 Å². The number of nitrogens with one attached hydrogen (secondary N) is 1. The van der Waals surface area contributed by atoms with E-state index in [9.17, 15) is 0 Å². The highest BCUT2D eigenvalue weighted by Crippen LogP contribution is 2.22. The van der Waals surface area contributed by atoms with Gasteiger partial charge in [0.05, 0.1) is 24.7 Å². The quantitative estimate of drug-likeness (QED) is 0.817. The number of nitriles is 1. The second kappa shape index (κ2) is 5.74. The molecule has 0 bridgehead atoms. The lowest BCUT2D eigenvalue weighted by atomic mass is 10.2. The Balaban J connectivity index is 2.02. The summed E-state index contributed by atoms with van der Waals surface area (Å²) in [7, 11) is 1.59. The van der Waals surface area contributed by atoms with E-state index in [1.54, 1.807) is 19.4 Å². The minimum Gasteiger partial charge on any atom is -0.495 e. The Morgan fingerprint density at radius 2 is 2.21 bits per heavy atom. The van der Waals surface area contributed by atoms with Gasteiger partial charge in [-0.25, -0.2) is 4.98 Å². The summed E-state index contributed by atoms with van der Waals surface area (Å²) in [6, 6.07) is 11.1. The molecule has 0 amide bonds. The number of hydrogen-bond acceptors (Lipinski definition) is 5. The number of hydrogen-bond donors (Lipinski definition) is 2. The maximum absolute atomic E-state index is 8.66. The molecule has 0 atom stereocenters. The van der Waals surface area contributed by atoms with Crippen molar-refractivity contribution in [1.29, 1.82) is 5.26 Å². The van der Waals surface area contributed by atoms with Gasteiger partial charge in [0, 0.05) is 6.54 Å². The van der Waals surface area contributed by atoms with Gasteiger partial charge in [0.15, 0.2) is 0 Å². The Morgan fingerprint density at radius 1 is 1.37 bits per heavy atom. The predicted molar refractivity (Wildman–Crippen MR) is 73.7 cm³/mol. The average molecular weight is 254 g/mol. The number of nitrogens with zero attached hydrogens (tertiary/aromatic N) is 2. The molecule has 1 aromatic carbocycles. The normalized spacial score (nSPS) is 9.68. The van der Waals surface area contributed by atoms with Gasteiger partial charge in [0.1, 0.15) is 17.5 Å². The molecule has 0 unspecified atom stereocenters. The topological polar surface area (TPSA) is 84.0 Å². The van der Waals surface area contributed by atoms with Crippen LogP contribution in [0.5, 0.6) is 5.75 Å². The van der Waals surface area contributed by atoms with Crippen molar-refractivity contribution in [2.24, 2.45) is 0 Å². The number of nitrogens with two attached hydrogens (primary N) is 1. The van der Waals surface area contributed by atoms with E-state index < -0.39 is 0 Å². The van der Waals surface area contributed by atoms with Crippen molar-refractivity contribution in [3.63, 3.8) is 0 Å². The molecule has 0 saturated carbocycles. The van der Waals surface area contributed by atoms with Crippen LogP contribution in [0, 0.1) is 11.3 Å². The van der Waals surface area contributed by atoms with Crippen LogP contribution in [0.15, 0.2) is 36.5 Å². The number of nitrogen functional groups attached to an aromatic ring is 1. The fraction of sp³-hybridized carbons (Fsp3) is 0.143. The first-order valence-corrected chi connectivity index (χ1v) is 5.75. The molecule has 0 aliphatic heterocycles. The highest BCUT2D eigenvalue weighted by Gasteiger charge is 2.01. The largest absolute Gasteiger partial charge is 0.495 e. The van der Waals surface area contributed by atoms with Gasteiger partial charge >= 0.3 is 0 Å². The minimum atomic E-state index is 0.402. The summed E-state index contributed by atoms with van der Waals surface area (Å²) < 4.78 is 5.10. The number of methoxy groups -OCH3 is 1. The molecule has 5 heteroatoms. The van der Waals surface area contributed by atoms with E-state index in [0.29, 0.717) is 23.7 Å². The minimum absolute atomic E-state index is 0.402. The summed E-state index contributed by atoms with van der Waals surface area (Å²) in [5.41, 5.74) is 8.75. The molecule has 19 heavy (non-hydrogen) atoms. The molecule has 1 heterocycles. The fourth-order valence-electron chi connectivity index (χ4n) is 1.66. The lowest BCUT2D eigenvalue weighted by Gasteiger charge is -2.09. The van der Waals surface area contributed by atoms with Crippen LogP contribution in [-0.4, -0.2) is 12.1 Å². The van der Waals surface area contributed by atoms with E-state index in [1.807, 2.05) is 30.3 Å². The van der Waals surface area contributed by atoms with Crippen LogP contribution in [0.3, 0.4) is 0 Å². The summed E-state index contributed by atoms with van der Waals surface area (Å²) in [4.78, 5) is 3.99. The molecule has 0 spiro atoms. The number of benzene rings is 1. The van der Waals surface area contributed by atoms with Gasteiger partial charge in [-0.15, -0.1) is 0 Å².